The number of H-pyrrole nitrogens is 1. The zero-order valence-electron chi connectivity index (χ0n) is 14.5. The summed E-state index contributed by atoms with van der Waals surface area (Å²) in [6, 6.07) is 2.36. The van der Waals surface area contributed by atoms with Crippen LogP contribution in [0.25, 0.3) is 11.1 Å². The molecule has 2 aromatic rings. The summed E-state index contributed by atoms with van der Waals surface area (Å²) in [6.07, 6.45) is -1.08. The van der Waals surface area contributed by atoms with Gasteiger partial charge in [0.1, 0.15) is 22.1 Å². The van der Waals surface area contributed by atoms with Crippen molar-refractivity contribution in [3.8, 4) is 29.2 Å². The van der Waals surface area contributed by atoms with Gasteiger partial charge in [0.2, 0.25) is 6.10 Å². The van der Waals surface area contributed by atoms with E-state index in [1.807, 2.05) is 4.98 Å². The largest absolute Gasteiger partial charge is 0.478 e. The quantitative estimate of drug-likeness (QED) is 0.305. The third-order valence-corrected chi connectivity index (χ3v) is 4.63. The Kier molecular flexibility index (Phi) is 6.99. The molecule has 1 heterocycles. The van der Waals surface area contributed by atoms with Crippen LogP contribution >= 0.6 is 34.8 Å². The van der Waals surface area contributed by atoms with Crippen molar-refractivity contribution in [2.75, 3.05) is 0 Å². The fraction of sp³-hybridized carbons (Fsp3) is 0.278. The molecular weight excluding hydrogens is 461 g/mol. The van der Waals surface area contributed by atoms with E-state index in [0.29, 0.717) is 6.07 Å². The number of hydrogen-bond acceptors (Lipinski definition) is 2. The molecule has 0 bridgehead atoms. The second-order valence-corrected chi connectivity index (χ2v) is 7.41. The average molecular weight is 473 g/mol. The van der Waals surface area contributed by atoms with Gasteiger partial charge in [-0.1, -0.05) is 40.7 Å². The van der Waals surface area contributed by atoms with E-state index in [4.69, 9.17) is 46.0 Å². The van der Waals surface area contributed by atoms with Crippen molar-refractivity contribution in [1.29, 1.82) is 0 Å². The number of benzene rings is 1. The summed E-state index contributed by atoms with van der Waals surface area (Å²) < 4.78 is 59.0. The van der Waals surface area contributed by atoms with Crippen LogP contribution in [0.15, 0.2) is 18.2 Å². The van der Waals surface area contributed by atoms with E-state index < -0.39 is 40.5 Å². The molecule has 0 radical (unpaired) electrons. The molecule has 2 N–H and O–H groups in total. The van der Waals surface area contributed by atoms with Gasteiger partial charge in [0.05, 0.1) is 16.6 Å². The van der Waals surface area contributed by atoms with E-state index in [2.05, 4.69) is 5.92 Å². The van der Waals surface area contributed by atoms with Gasteiger partial charge in [-0.15, -0.1) is 6.42 Å². The van der Waals surface area contributed by atoms with Crippen LogP contribution in [0, 0.1) is 24.1 Å². The summed E-state index contributed by atoms with van der Waals surface area (Å²) in [7, 11) is 0. The van der Waals surface area contributed by atoms with Crippen molar-refractivity contribution in [1.82, 2.24) is 4.98 Å². The Hall–Kier alpha value is -2.08. The Balaban J connectivity index is 2.62. The number of hydrogen-bond donors (Lipinski definition) is 2. The molecule has 0 saturated heterocycles. The molecule has 0 spiro atoms. The number of nitrogens with one attached hydrogen (secondary N) is 1. The highest BCUT2D eigenvalue weighted by Gasteiger charge is 2.35. The van der Waals surface area contributed by atoms with Crippen LogP contribution < -0.4 is 4.74 Å². The molecule has 0 fully saturated rings. The summed E-state index contributed by atoms with van der Waals surface area (Å²) >= 11 is 17.4. The number of aliphatic carboxylic acids is 1. The van der Waals surface area contributed by atoms with Gasteiger partial charge < -0.3 is 14.8 Å². The van der Waals surface area contributed by atoms with Crippen LogP contribution in [0.3, 0.4) is 0 Å². The predicted molar refractivity (Wildman–Crippen MR) is 101 cm³/mol. The molecule has 0 aliphatic carbocycles. The van der Waals surface area contributed by atoms with E-state index in [1.54, 1.807) is 0 Å². The zero-order valence-corrected chi connectivity index (χ0v) is 16.7. The molecule has 2 rings (SSSR count). The van der Waals surface area contributed by atoms with Gasteiger partial charge >= 0.3 is 12.1 Å². The topological polar surface area (TPSA) is 62.3 Å². The Bertz CT molecular complexity index is 966. The lowest BCUT2D eigenvalue weighted by atomic mass is 10.0. The SMILES string of the molecule is C#CC(C)C(Oc1cc(-c2cc(C(F)(F)F)[nH]c2C(Cl)Cl)c(F)cc1Cl)C(=O)O. The third kappa shape index (κ3) is 5.10. The minimum absolute atomic E-state index is 0.289. The normalized spacial score (nSPS) is 13.8. The molecule has 0 aliphatic rings. The Labute approximate surface area is 177 Å². The first kappa shape index (κ1) is 23.2. The number of aromatic nitrogens is 1. The number of terminal acetylenes is 1. The van der Waals surface area contributed by atoms with Crippen LogP contribution in [0.2, 0.25) is 5.02 Å². The number of carboxylic acid groups (broad SMARTS) is 1. The Morgan fingerprint density at radius 2 is 1.90 bits per heavy atom. The highest BCUT2D eigenvalue weighted by molar-refractivity contribution is 6.44. The number of aromatic amines is 1. The average Bonchev–Trinajstić information content (AvgIpc) is 3.06. The molecule has 4 nitrogen and oxygen atoms in total. The Morgan fingerprint density at radius 3 is 2.38 bits per heavy atom. The molecule has 29 heavy (non-hydrogen) atoms. The zero-order chi connectivity index (χ0) is 22.1. The van der Waals surface area contributed by atoms with Gasteiger partial charge in [0.25, 0.3) is 0 Å². The number of ether oxygens (including phenoxy) is 1. The van der Waals surface area contributed by atoms with Gasteiger partial charge in [-0.25, -0.2) is 9.18 Å². The minimum atomic E-state index is -4.77. The molecule has 1 aromatic carbocycles. The van der Waals surface area contributed by atoms with Crippen LogP contribution in [-0.4, -0.2) is 22.2 Å². The summed E-state index contributed by atoms with van der Waals surface area (Å²) in [6.45, 7) is 1.41. The van der Waals surface area contributed by atoms with E-state index in [-0.39, 0.29) is 27.6 Å². The van der Waals surface area contributed by atoms with E-state index >= 15 is 0 Å². The summed E-state index contributed by atoms with van der Waals surface area (Å²) in [4.78, 5) is 12.0. The lowest BCUT2D eigenvalue weighted by Crippen LogP contribution is -2.33. The van der Waals surface area contributed by atoms with Crippen LogP contribution in [-0.2, 0) is 11.0 Å². The van der Waals surface area contributed by atoms with Crippen molar-refractivity contribution in [3.05, 3.63) is 40.4 Å². The molecule has 156 valence electrons. The number of alkyl halides is 5. The van der Waals surface area contributed by atoms with Crippen LogP contribution in [0.1, 0.15) is 23.1 Å². The van der Waals surface area contributed by atoms with E-state index in [0.717, 1.165) is 12.1 Å². The molecule has 11 heteroatoms. The number of carbonyl (C=O) groups is 1. The van der Waals surface area contributed by atoms with Crippen molar-refractivity contribution < 1.29 is 32.2 Å². The van der Waals surface area contributed by atoms with Gasteiger partial charge in [-0.3, -0.25) is 0 Å². The maximum Gasteiger partial charge on any atom is 0.431 e. The van der Waals surface area contributed by atoms with Crippen molar-refractivity contribution >= 4 is 40.8 Å². The first-order valence-corrected chi connectivity index (χ1v) is 9.05. The maximum absolute atomic E-state index is 14.5. The van der Waals surface area contributed by atoms with E-state index in [1.165, 1.54) is 6.92 Å². The van der Waals surface area contributed by atoms with Gasteiger partial charge in [-0.05, 0) is 25.1 Å². The highest BCUT2D eigenvalue weighted by atomic mass is 35.5. The van der Waals surface area contributed by atoms with E-state index in [9.17, 15) is 27.5 Å². The van der Waals surface area contributed by atoms with Crippen molar-refractivity contribution in [2.24, 2.45) is 5.92 Å². The first-order valence-electron chi connectivity index (χ1n) is 7.80. The second kappa shape index (κ2) is 8.74. The number of carboxylic acids is 1. The molecule has 0 aliphatic heterocycles. The molecule has 0 saturated carbocycles. The number of halogens is 7. The second-order valence-electron chi connectivity index (χ2n) is 5.90. The number of rotatable bonds is 6. The fourth-order valence-corrected chi connectivity index (χ4v) is 2.97. The fourth-order valence-electron chi connectivity index (χ4n) is 2.43. The highest BCUT2D eigenvalue weighted by Crippen LogP contribution is 2.42. The summed E-state index contributed by atoms with van der Waals surface area (Å²) in [5.74, 6) is -1.38. The minimum Gasteiger partial charge on any atom is -0.478 e. The monoisotopic (exact) mass is 471 g/mol. The van der Waals surface area contributed by atoms with Crippen molar-refractivity contribution in [2.45, 2.75) is 24.0 Å². The van der Waals surface area contributed by atoms with Gasteiger partial charge in [0, 0.05) is 11.1 Å². The summed E-state index contributed by atoms with van der Waals surface area (Å²) in [5, 5.41) is 8.97. The molecule has 2 atom stereocenters. The lowest BCUT2D eigenvalue weighted by molar-refractivity contribution is -0.146. The van der Waals surface area contributed by atoms with Gasteiger partial charge in [0.15, 0.2) is 0 Å². The van der Waals surface area contributed by atoms with Crippen LogP contribution in [0.4, 0.5) is 17.6 Å². The standard InChI is InChI=1S/C18H12Cl3F4NO3/c1-3-7(2)15(17(27)28)29-12-4-8(11(22)6-10(12)19)9-5-13(18(23,24)25)26-14(9)16(20)21/h1,4-7,15-16,26H,2H3,(H,27,28). The van der Waals surface area contributed by atoms with Gasteiger partial charge in [-0.2, -0.15) is 13.2 Å². The first-order chi connectivity index (χ1) is 13.4. The summed E-state index contributed by atoms with van der Waals surface area (Å²) in [5.41, 5.74) is -2.17. The molecule has 2 unspecified atom stereocenters. The molecule has 0 amide bonds. The maximum atomic E-state index is 14.5. The predicted octanol–water partition coefficient (Wildman–Crippen LogP) is 6.07. The third-order valence-electron chi connectivity index (χ3n) is 3.90. The lowest BCUT2D eigenvalue weighted by Gasteiger charge is -2.19. The Morgan fingerprint density at radius 1 is 1.28 bits per heavy atom. The van der Waals surface area contributed by atoms with Crippen LogP contribution in [0.5, 0.6) is 5.75 Å². The van der Waals surface area contributed by atoms with Crippen molar-refractivity contribution in [3.63, 3.8) is 0 Å². The smallest absolute Gasteiger partial charge is 0.431 e. The molecular formula is C18H12Cl3F4NO3. The molecule has 1 aromatic heterocycles.